The molecule has 0 atom stereocenters. The lowest BCUT2D eigenvalue weighted by molar-refractivity contribution is 1.01. The minimum absolute atomic E-state index is 1.12. The quantitative estimate of drug-likeness (QED) is 0.187. The predicted molar refractivity (Wildman–Crippen MR) is 188 cm³/mol. The zero-order valence-corrected chi connectivity index (χ0v) is 24.5. The van der Waals surface area contributed by atoms with E-state index in [1.54, 1.807) is 0 Å². The van der Waals surface area contributed by atoms with Crippen molar-refractivity contribution in [3.8, 4) is 33.4 Å². The third-order valence-corrected chi connectivity index (χ3v) is 10.4. The molecule has 0 bridgehead atoms. The molecule has 0 aliphatic heterocycles. The van der Waals surface area contributed by atoms with Crippen LogP contribution in [0.3, 0.4) is 0 Å². The minimum Gasteiger partial charge on any atom is -0.135 e. The summed E-state index contributed by atoms with van der Waals surface area (Å²) in [5.74, 6) is 0. The highest BCUT2D eigenvalue weighted by Gasteiger charge is 2.22. The van der Waals surface area contributed by atoms with Crippen LogP contribution in [-0.4, -0.2) is 0 Å². The summed E-state index contributed by atoms with van der Waals surface area (Å²) in [5, 5.41) is 9.16. The molecule has 1 heterocycles. The normalized spacial score (nSPS) is 12.8. The highest BCUT2D eigenvalue weighted by molar-refractivity contribution is 7.20. The fraction of sp³-hybridized carbons (Fsp3) is 0.0476. The molecule has 43 heavy (non-hydrogen) atoms. The number of hydrogen-bond donors (Lipinski definition) is 0. The van der Waals surface area contributed by atoms with Crippen LogP contribution in [0.4, 0.5) is 0 Å². The van der Waals surface area contributed by atoms with Gasteiger partial charge in [0.15, 0.2) is 0 Å². The van der Waals surface area contributed by atoms with Gasteiger partial charge in [-0.2, -0.15) is 0 Å². The second-order valence-electron chi connectivity index (χ2n) is 11.5. The molecule has 0 unspecified atom stereocenters. The van der Waals surface area contributed by atoms with Gasteiger partial charge in [-0.1, -0.05) is 140 Å². The van der Waals surface area contributed by atoms with Crippen LogP contribution >= 0.6 is 11.3 Å². The molecule has 8 aromatic rings. The lowest BCUT2D eigenvalue weighted by Crippen LogP contribution is -1.93. The van der Waals surface area contributed by atoms with Crippen LogP contribution in [0.15, 0.2) is 140 Å². The van der Waals surface area contributed by atoms with E-state index in [0.717, 1.165) is 12.8 Å². The van der Waals surface area contributed by atoms with Crippen molar-refractivity contribution < 1.29 is 0 Å². The average molecular weight is 565 g/mol. The smallest absolute Gasteiger partial charge is 0.0430 e. The van der Waals surface area contributed by atoms with Gasteiger partial charge in [0.25, 0.3) is 0 Å². The molecule has 0 saturated carbocycles. The first-order valence-corrected chi connectivity index (χ1v) is 15.9. The Labute approximate surface area is 255 Å². The van der Waals surface area contributed by atoms with Crippen LogP contribution in [0.25, 0.3) is 81.9 Å². The SMILES string of the molecule is C1=Cc2sc3c(-c4c5ccccc5c(-c5ccccc5-c5cccc6ccccc56)c5ccccc45)cccc3c2CC1. The van der Waals surface area contributed by atoms with Crippen LogP contribution < -0.4 is 0 Å². The summed E-state index contributed by atoms with van der Waals surface area (Å²) < 4.78 is 1.40. The van der Waals surface area contributed by atoms with Gasteiger partial charge in [0.05, 0.1) is 0 Å². The molecular weight excluding hydrogens is 537 g/mol. The van der Waals surface area contributed by atoms with E-state index in [1.165, 1.54) is 86.2 Å². The molecule has 0 N–H and O–H groups in total. The summed E-state index contributed by atoms with van der Waals surface area (Å²) >= 11 is 1.95. The Morgan fingerprint density at radius 3 is 1.67 bits per heavy atom. The van der Waals surface area contributed by atoms with Crippen LogP contribution in [0, 0.1) is 0 Å². The minimum atomic E-state index is 1.12. The van der Waals surface area contributed by atoms with Gasteiger partial charge in [-0.3, -0.25) is 0 Å². The molecule has 1 aliphatic rings. The van der Waals surface area contributed by atoms with Crippen molar-refractivity contribution in [3.05, 3.63) is 150 Å². The monoisotopic (exact) mass is 564 g/mol. The molecule has 0 spiro atoms. The Balaban J connectivity index is 1.40. The molecule has 0 nitrogen and oxygen atoms in total. The standard InChI is InChI=1S/C42H28S/c1-2-15-28-27(13-1)14-11-23-29(28)30-16-3-4-18-32(30)40-33-19-5-7-21-35(33)41(36-22-8-6-20-34(36)40)38-25-12-24-37-31-17-9-10-26-39(31)43-42(37)38/h1-8,10-16,18-26H,9,17H2. The van der Waals surface area contributed by atoms with Crippen LogP contribution in [0.1, 0.15) is 16.9 Å². The lowest BCUT2D eigenvalue weighted by atomic mass is 9.83. The Morgan fingerprint density at radius 2 is 0.930 bits per heavy atom. The fourth-order valence-electron chi connectivity index (χ4n) is 7.30. The predicted octanol–water partition coefficient (Wildman–Crippen LogP) is 12.3. The van der Waals surface area contributed by atoms with E-state index in [-0.39, 0.29) is 0 Å². The van der Waals surface area contributed by atoms with Crippen molar-refractivity contribution in [3.63, 3.8) is 0 Å². The summed E-state index contributed by atoms with van der Waals surface area (Å²) in [5.41, 5.74) is 9.30. The van der Waals surface area contributed by atoms with Crippen LogP contribution in [-0.2, 0) is 6.42 Å². The highest BCUT2D eigenvalue weighted by atomic mass is 32.1. The maximum Gasteiger partial charge on any atom is 0.0430 e. The third-order valence-electron chi connectivity index (χ3n) is 9.16. The maximum atomic E-state index is 2.34. The van der Waals surface area contributed by atoms with Gasteiger partial charge in [-0.15, -0.1) is 11.3 Å². The topological polar surface area (TPSA) is 0 Å². The second-order valence-corrected chi connectivity index (χ2v) is 12.5. The van der Waals surface area contributed by atoms with Gasteiger partial charge in [0, 0.05) is 15.1 Å². The number of aryl methyl sites for hydroxylation is 1. The van der Waals surface area contributed by atoms with E-state index in [2.05, 4.69) is 146 Å². The van der Waals surface area contributed by atoms with E-state index in [1.807, 2.05) is 11.3 Å². The summed E-state index contributed by atoms with van der Waals surface area (Å²) in [6, 6.07) is 49.4. The van der Waals surface area contributed by atoms with E-state index in [9.17, 15) is 0 Å². The Morgan fingerprint density at radius 1 is 0.419 bits per heavy atom. The molecule has 1 aromatic heterocycles. The molecule has 9 rings (SSSR count). The molecule has 0 fully saturated rings. The van der Waals surface area contributed by atoms with Gasteiger partial charge in [-0.05, 0) is 90.0 Å². The first-order chi connectivity index (χ1) is 21.4. The number of thiophene rings is 1. The van der Waals surface area contributed by atoms with Gasteiger partial charge < -0.3 is 0 Å². The van der Waals surface area contributed by atoms with Gasteiger partial charge >= 0.3 is 0 Å². The second kappa shape index (κ2) is 9.80. The van der Waals surface area contributed by atoms with Gasteiger partial charge in [0.1, 0.15) is 0 Å². The van der Waals surface area contributed by atoms with E-state index in [0.29, 0.717) is 0 Å². The van der Waals surface area contributed by atoms with Gasteiger partial charge in [-0.25, -0.2) is 0 Å². The lowest BCUT2D eigenvalue weighted by Gasteiger charge is -2.20. The van der Waals surface area contributed by atoms with Crippen molar-refractivity contribution in [2.75, 3.05) is 0 Å². The van der Waals surface area contributed by atoms with Crippen molar-refractivity contribution in [2.45, 2.75) is 12.8 Å². The van der Waals surface area contributed by atoms with Crippen molar-refractivity contribution in [1.82, 2.24) is 0 Å². The first-order valence-electron chi connectivity index (χ1n) is 15.1. The van der Waals surface area contributed by atoms with Crippen molar-refractivity contribution >= 4 is 59.8 Å². The zero-order valence-electron chi connectivity index (χ0n) is 23.7. The number of rotatable bonds is 3. The van der Waals surface area contributed by atoms with E-state index < -0.39 is 0 Å². The largest absolute Gasteiger partial charge is 0.135 e. The molecule has 1 heteroatoms. The Kier molecular flexibility index (Phi) is 5.61. The molecule has 0 amide bonds. The number of hydrogen-bond acceptors (Lipinski definition) is 1. The molecule has 1 aliphatic carbocycles. The molecule has 0 radical (unpaired) electrons. The molecule has 0 saturated heterocycles. The van der Waals surface area contributed by atoms with Crippen LogP contribution in [0.2, 0.25) is 0 Å². The fourth-order valence-corrected chi connectivity index (χ4v) is 8.60. The average Bonchev–Trinajstić information content (AvgIpc) is 3.46. The summed E-state index contributed by atoms with van der Waals surface area (Å²) in [4.78, 5) is 1.42. The van der Waals surface area contributed by atoms with Crippen LogP contribution in [0.5, 0.6) is 0 Å². The van der Waals surface area contributed by atoms with Gasteiger partial charge in [0.2, 0.25) is 0 Å². The van der Waals surface area contributed by atoms with E-state index >= 15 is 0 Å². The summed E-state index contributed by atoms with van der Waals surface area (Å²) in [6.45, 7) is 0. The number of allylic oxidation sites excluding steroid dienone is 1. The maximum absolute atomic E-state index is 2.34. The summed E-state index contributed by atoms with van der Waals surface area (Å²) in [7, 11) is 0. The number of fused-ring (bicyclic) bond motifs is 6. The number of benzene rings is 7. The third kappa shape index (κ3) is 3.75. The molecular formula is C42H28S. The zero-order chi connectivity index (χ0) is 28.3. The summed E-state index contributed by atoms with van der Waals surface area (Å²) in [6.07, 6.45) is 6.90. The Bertz CT molecular complexity index is 2340. The Hall–Kier alpha value is -4.98. The van der Waals surface area contributed by atoms with Crippen molar-refractivity contribution in [2.24, 2.45) is 0 Å². The molecule has 202 valence electrons. The highest BCUT2D eigenvalue weighted by Crippen LogP contribution is 2.49. The first kappa shape index (κ1) is 24.6. The molecule has 7 aromatic carbocycles. The van der Waals surface area contributed by atoms with Crippen molar-refractivity contribution in [1.29, 1.82) is 0 Å². The van der Waals surface area contributed by atoms with E-state index in [4.69, 9.17) is 0 Å².